The van der Waals surface area contributed by atoms with Gasteiger partial charge in [-0.2, -0.15) is 0 Å². The van der Waals surface area contributed by atoms with E-state index >= 15 is 0 Å². The molecule has 2 rings (SSSR count). The van der Waals surface area contributed by atoms with Crippen LogP contribution in [0, 0.1) is 0 Å². The van der Waals surface area contributed by atoms with E-state index in [1.165, 1.54) is 43.3 Å². The first-order valence-corrected chi connectivity index (χ1v) is 10.8. The number of nitrogens with zero attached hydrogens (tertiary/aromatic N) is 2. The lowest BCUT2D eigenvalue weighted by molar-refractivity contribution is -0.125. The van der Waals surface area contributed by atoms with Gasteiger partial charge in [-0.05, 0) is 43.5 Å². The summed E-state index contributed by atoms with van der Waals surface area (Å²) in [5.74, 6) is -1.28. The third-order valence-electron chi connectivity index (χ3n) is 4.97. The molecule has 1 aliphatic heterocycles. The fourth-order valence-corrected chi connectivity index (χ4v) is 4.50. The van der Waals surface area contributed by atoms with E-state index in [1.807, 2.05) is 6.92 Å². The number of carbonyl (C=O) groups is 2. The normalized spacial score (nSPS) is 16.8. The maximum Gasteiger partial charge on any atom is 0.253 e. The Balaban J connectivity index is 2.05. The Labute approximate surface area is 160 Å². The second-order valence-corrected chi connectivity index (χ2v) is 9.33. The molecule has 7 nitrogen and oxygen atoms in total. The minimum absolute atomic E-state index is 0.0187. The van der Waals surface area contributed by atoms with E-state index in [4.69, 9.17) is 0 Å². The average molecular weight is 397 g/mol. The third kappa shape index (κ3) is 5.29. The zero-order chi connectivity index (χ0) is 20.2. The summed E-state index contributed by atoms with van der Waals surface area (Å²) < 4.78 is 24.6. The van der Waals surface area contributed by atoms with Gasteiger partial charge in [0.2, 0.25) is 5.91 Å². The molecule has 0 saturated carbocycles. The SMILES string of the molecule is CCCC1(O)CCN(C(=O)c2ccc(S(=O)(=O)CC(=O)N(C)C)cc2)CC1. The summed E-state index contributed by atoms with van der Waals surface area (Å²) in [5, 5.41) is 10.4. The lowest BCUT2D eigenvalue weighted by Gasteiger charge is -2.38. The van der Waals surface area contributed by atoms with Crippen molar-refractivity contribution in [3.05, 3.63) is 29.8 Å². The van der Waals surface area contributed by atoms with Gasteiger partial charge in [0.1, 0.15) is 5.75 Å². The predicted molar refractivity (Wildman–Crippen MR) is 102 cm³/mol. The Bertz CT molecular complexity index is 779. The number of piperidine rings is 1. The van der Waals surface area contributed by atoms with Crippen LogP contribution in [0.4, 0.5) is 0 Å². The van der Waals surface area contributed by atoms with Gasteiger partial charge in [-0.25, -0.2) is 8.42 Å². The Kier molecular flexibility index (Phi) is 6.64. The number of benzene rings is 1. The molecule has 150 valence electrons. The van der Waals surface area contributed by atoms with Crippen LogP contribution in [-0.2, 0) is 14.6 Å². The molecule has 0 spiro atoms. The Morgan fingerprint density at radius 2 is 1.70 bits per heavy atom. The largest absolute Gasteiger partial charge is 0.390 e. The molecule has 1 aromatic carbocycles. The molecule has 0 bridgehead atoms. The van der Waals surface area contributed by atoms with Crippen molar-refractivity contribution in [2.45, 2.75) is 43.1 Å². The molecule has 2 amide bonds. The molecule has 1 heterocycles. The van der Waals surface area contributed by atoms with Gasteiger partial charge >= 0.3 is 0 Å². The fourth-order valence-electron chi connectivity index (χ4n) is 3.20. The summed E-state index contributed by atoms with van der Waals surface area (Å²) in [6.45, 7) is 2.98. The molecule has 1 N–H and O–H groups in total. The molecule has 0 aromatic heterocycles. The van der Waals surface area contributed by atoms with E-state index in [9.17, 15) is 23.1 Å². The van der Waals surface area contributed by atoms with Crippen LogP contribution < -0.4 is 0 Å². The van der Waals surface area contributed by atoms with Crippen LogP contribution in [0.3, 0.4) is 0 Å². The van der Waals surface area contributed by atoms with E-state index < -0.39 is 27.1 Å². The van der Waals surface area contributed by atoms with Crippen molar-refractivity contribution in [3.8, 4) is 0 Å². The van der Waals surface area contributed by atoms with Crippen LogP contribution in [0.5, 0.6) is 0 Å². The van der Waals surface area contributed by atoms with Crippen LogP contribution in [-0.4, -0.2) is 73.7 Å². The minimum atomic E-state index is -3.74. The number of carbonyl (C=O) groups excluding carboxylic acids is 2. The first-order valence-electron chi connectivity index (χ1n) is 9.12. The van der Waals surface area contributed by atoms with Gasteiger partial charge < -0.3 is 14.9 Å². The van der Waals surface area contributed by atoms with E-state index in [1.54, 1.807) is 4.90 Å². The number of sulfone groups is 1. The average Bonchev–Trinajstić information content (AvgIpc) is 2.61. The number of aliphatic hydroxyl groups is 1. The van der Waals surface area contributed by atoms with E-state index in [0.717, 1.165) is 12.8 Å². The second kappa shape index (κ2) is 8.39. The number of amides is 2. The summed E-state index contributed by atoms with van der Waals surface area (Å²) in [6.07, 6.45) is 2.72. The summed E-state index contributed by atoms with van der Waals surface area (Å²) in [4.78, 5) is 27.2. The Hall–Kier alpha value is -1.93. The molecular formula is C19H28N2O5S. The van der Waals surface area contributed by atoms with E-state index in [2.05, 4.69) is 0 Å². The van der Waals surface area contributed by atoms with Gasteiger partial charge in [-0.1, -0.05) is 13.3 Å². The maximum absolute atomic E-state index is 12.6. The molecule has 1 saturated heterocycles. The zero-order valence-corrected chi connectivity index (χ0v) is 17.0. The molecule has 8 heteroatoms. The molecule has 0 radical (unpaired) electrons. The highest BCUT2D eigenvalue weighted by Crippen LogP contribution is 2.27. The molecule has 0 unspecified atom stereocenters. The minimum Gasteiger partial charge on any atom is -0.390 e. The van der Waals surface area contributed by atoms with E-state index in [0.29, 0.717) is 31.5 Å². The Morgan fingerprint density at radius 3 is 2.19 bits per heavy atom. The molecule has 0 atom stereocenters. The van der Waals surface area contributed by atoms with Crippen LogP contribution in [0.15, 0.2) is 29.2 Å². The number of likely N-dealkylation sites (tertiary alicyclic amines) is 1. The van der Waals surface area contributed by atoms with Crippen molar-refractivity contribution >= 4 is 21.7 Å². The highest BCUT2D eigenvalue weighted by atomic mass is 32.2. The lowest BCUT2D eigenvalue weighted by atomic mass is 9.87. The van der Waals surface area contributed by atoms with Gasteiger partial charge in [-0.3, -0.25) is 9.59 Å². The predicted octanol–water partition coefficient (Wildman–Crippen LogP) is 1.32. The molecular weight excluding hydrogens is 368 g/mol. The quantitative estimate of drug-likeness (QED) is 0.782. The smallest absolute Gasteiger partial charge is 0.253 e. The summed E-state index contributed by atoms with van der Waals surface area (Å²) in [7, 11) is -0.743. The van der Waals surface area contributed by atoms with Crippen molar-refractivity contribution in [1.29, 1.82) is 0 Å². The second-order valence-electron chi connectivity index (χ2n) is 7.34. The van der Waals surface area contributed by atoms with E-state index in [-0.39, 0.29) is 10.8 Å². The fraction of sp³-hybridized carbons (Fsp3) is 0.579. The summed E-state index contributed by atoms with van der Waals surface area (Å²) >= 11 is 0. The number of rotatable bonds is 6. The van der Waals surface area contributed by atoms with Gasteiger partial charge in [0.05, 0.1) is 10.5 Å². The van der Waals surface area contributed by atoms with Crippen molar-refractivity contribution in [2.24, 2.45) is 0 Å². The van der Waals surface area contributed by atoms with Gasteiger partial charge in [0.25, 0.3) is 5.91 Å². The number of hydrogen-bond donors (Lipinski definition) is 1. The van der Waals surface area contributed by atoms with Crippen LogP contribution >= 0.6 is 0 Å². The van der Waals surface area contributed by atoms with Crippen molar-refractivity contribution in [3.63, 3.8) is 0 Å². The molecule has 1 aromatic rings. The van der Waals surface area contributed by atoms with Crippen molar-refractivity contribution < 1.29 is 23.1 Å². The topological polar surface area (TPSA) is 95.0 Å². The first kappa shape index (κ1) is 21.4. The van der Waals surface area contributed by atoms with Crippen LogP contribution in [0.25, 0.3) is 0 Å². The van der Waals surface area contributed by atoms with Crippen LogP contribution in [0.1, 0.15) is 43.0 Å². The zero-order valence-electron chi connectivity index (χ0n) is 16.1. The highest BCUT2D eigenvalue weighted by molar-refractivity contribution is 7.92. The molecule has 1 fully saturated rings. The molecule has 0 aliphatic carbocycles. The molecule has 1 aliphatic rings. The molecule has 27 heavy (non-hydrogen) atoms. The van der Waals surface area contributed by atoms with Gasteiger partial charge in [0, 0.05) is 32.7 Å². The van der Waals surface area contributed by atoms with Gasteiger partial charge in [0.15, 0.2) is 9.84 Å². The van der Waals surface area contributed by atoms with Crippen LogP contribution in [0.2, 0.25) is 0 Å². The standard InChI is InChI=1S/C19H28N2O5S/c1-4-9-19(24)10-12-21(13-11-19)18(23)15-5-7-16(8-6-15)27(25,26)14-17(22)20(2)3/h5-8,24H,4,9-14H2,1-3H3. The Morgan fingerprint density at radius 1 is 1.15 bits per heavy atom. The monoisotopic (exact) mass is 396 g/mol. The lowest BCUT2D eigenvalue weighted by Crippen LogP contribution is -2.46. The maximum atomic E-state index is 12.6. The van der Waals surface area contributed by atoms with Crippen molar-refractivity contribution in [1.82, 2.24) is 9.80 Å². The van der Waals surface area contributed by atoms with Gasteiger partial charge in [-0.15, -0.1) is 0 Å². The number of hydrogen-bond acceptors (Lipinski definition) is 5. The highest BCUT2D eigenvalue weighted by Gasteiger charge is 2.33. The first-order chi connectivity index (χ1) is 12.6. The summed E-state index contributed by atoms with van der Waals surface area (Å²) in [6, 6.07) is 5.68. The third-order valence-corrected chi connectivity index (χ3v) is 6.59. The van der Waals surface area contributed by atoms with Crippen molar-refractivity contribution in [2.75, 3.05) is 32.9 Å². The summed E-state index contributed by atoms with van der Waals surface area (Å²) in [5.41, 5.74) is -0.295.